The van der Waals surface area contributed by atoms with Gasteiger partial charge < -0.3 is 33.0 Å². The highest BCUT2D eigenvalue weighted by Gasteiger charge is 2.42. The molecule has 158 valence electrons. The highest BCUT2D eigenvalue weighted by atomic mass is 28.5. The molecule has 0 spiro atoms. The van der Waals surface area contributed by atoms with Crippen LogP contribution in [0.3, 0.4) is 0 Å². The lowest BCUT2D eigenvalue weighted by molar-refractivity contribution is -0.148. The minimum Gasteiger partial charge on any atom is -0.499 e. The van der Waals surface area contributed by atoms with Gasteiger partial charge in [0.15, 0.2) is 28.5 Å². The summed E-state index contributed by atoms with van der Waals surface area (Å²) in [6.45, 7) is 14.5. The highest BCUT2D eigenvalue weighted by molar-refractivity contribution is 6.87. The molecule has 1 aliphatic heterocycles. The van der Waals surface area contributed by atoms with Gasteiger partial charge in [-0.1, -0.05) is 0 Å². The van der Waals surface area contributed by atoms with Crippen molar-refractivity contribution < 1.29 is 37.8 Å². The van der Waals surface area contributed by atoms with Gasteiger partial charge in [0.25, 0.3) is 0 Å². The molecule has 11 heteroatoms. The zero-order valence-corrected chi connectivity index (χ0v) is 20.4. The number of hydrogen-bond donors (Lipinski definition) is 3. The number of carbonyl (C=O) groups excluding carboxylic acids is 1. The van der Waals surface area contributed by atoms with E-state index in [2.05, 4.69) is 45.8 Å². The van der Waals surface area contributed by atoms with Gasteiger partial charge in [-0.05, 0) is 58.3 Å². The lowest BCUT2D eigenvalue weighted by Crippen LogP contribution is -2.52. The Kier molecular flexibility index (Phi) is 8.29. The summed E-state index contributed by atoms with van der Waals surface area (Å²) >= 11 is 0. The summed E-state index contributed by atoms with van der Waals surface area (Å²) in [5.74, 6) is -1.77. The average molecular weight is 439 g/mol. The predicted octanol–water partition coefficient (Wildman–Crippen LogP) is 2.22. The first-order valence-electron chi connectivity index (χ1n) is 9.14. The summed E-state index contributed by atoms with van der Waals surface area (Å²) in [5.41, 5.74) is 0. The molecule has 0 aromatic heterocycles. The van der Waals surface area contributed by atoms with Crippen molar-refractivity contribution in [2.75, 3.05) is 13.2 Å². The summed E-state index contributed by atoms with van der Waals surface area (Å²) in [7, 11) is -5.97. The van der Waals surface area contributed by atoms with Gasteiger partial charge >= 0.3 is 14.5 Å². The first-order chi connectivity index (χ1) is 12.2. The molecule has 27 heavy (non-hydrogen) atoms. The van der Waals surface area contributed by atoms with Gasteiger partial charge in [0, 0.05) is 0 Å². The van der Waals surface area contributed by atoms with Crippen molar-refractivity contribution in [3.8, 4) is 0 Å². The van der Waals surface area contributed by atoms with Gasteiger partial charge in [-0.2, -0.15) is 0 Å². The number of esters is 1. The van der Waals surface area contributed by atoms with Crippen molar-refractivity contribution in [3.63, 3.8) is 0 Å². The van der Waals surface area contributed by atoms with Crippen LogP contribution in [0.4, 0.5) is 0 Å². The largest absolute Gasteiger partial charge is 0.499 e. The van der Waals surface area contributed by atoms with E-state index >= 15 is 0 Å². The molecular formula is C16H34O8Si3. The van der Waals surface area contributed by atoms with Crippen molar-refractivity contribution in [3.05, 3.63) is 11.5 Å². The van der Waals surface area contributed by atoms with Crippen LogP contribution >= 0.6 is 0 Å². The average Bonchev–Trinajstić information content (AvgIpc) is 2.75. The van der Waals surface area contributed by atoms with E-state index < -0.39 is 55.7 Å². The second-order valence-corrected chi connectivity index (χ2v) is 21.7. The maximum Gasteiger partial charge on any atom is 0.378 e. The van der Waals surface area contributed by atoms with Crippen molar-refractivity contribution in [1.29, 1.82) is 0 Å². The minimum absolute atomic E-state index is 0.137. The Hall–Kier alpha value is -0.699. The van der Waals surface area contributed by atoms with Crippen LogP contribution in [0.1, 0.15) is 6.42 Å². The molecule has 1 heterocycles. The van der Waals surface area contributed by atoms with Gasteiger partial charge in [-0.25, -0.2) is 4.79 Å². The topological polar surface area (TPSA) is 115 Å². The monoisotopic (exact) mass is 438 g/mol. The molecule has 0 bridgehead atoms. The normalized spacial score (nSPS) is 20.0. The first-order valence-corrected chi connectivity index (χ1v) is 18.5. The zero-order chi connectivity index (χ0) is 21.0. The van der Waals surface area contributed by atoms with Crippen LogP contribution in [0, 0.1) is 0 Å². The summed E-state index contributed by atoms with van der Waals surface area (Å²) in [6.07, 6.45) is -1.94. The summed E-state index contributed by atoms with van der Waals surface area (Å²) < 4.78 is 23.2. The molecule has 0 radical (unpaired) electrons. The maximum atomic E-state index is 11.5. The van der Waals surface area contributed by atoms with Crippen molar-refractivity contribution in [2.45, 2.75) is 70.5 Å². The summed E-state index contributed by atoms with van der Waals surface area (Å²) in [4.78, 5) is 11.5. The van der Waals surface area contributed by atoms with Gasteiger partial charge in [-0.15, -0.1) is 0 Å². The molecule has 8 nitrogen and oxygen atoms in total. The molecule has 3 N–H and O–H groups in total. The number of aliphatic hydroxyl groups excluding tert-OH is 3. The third kappa shape index (κ3) is 8.05. The van der Waals surface area contributed by atoms with Crippen LogP contribution in [0.2, 0.25) is 51.9 Å². The Balaban J connectivity index is 2.71. The molecule has 0 fully saturated rings. The standard InChI is InChI=1S/C16H34O8Si3/c1-25(2,3)23-27(7,24-26(4,5)6)10-8-9-21-15-13(19)16(20)22-14(15)12(18)11-17/h12,14,17-19H,8-11H2,1-7H3. The number of cyclic esters (lactones) is 1. The fraction of sp³-hybridized carbons (Fsp3) is 0.812. The second kappa shape index (κ2) is 9.20. The number of carbonyl (C=O) groups is 1. The van der Waals surface area contributed by atoms with E-state index in [1.807, 2.05) is 0 Å². The van der Waals surface area contributed by atoms with Gasteiger partial charge in [-0.3, -0.25) is 0 Å². The van der Waals surface area contributed by atoms with E-state index in [0.717, 1.165) is 0 Å². The van der Waals surface area contributed by atoms with Crippen molar-refractivity contribution >= 4 is 31.2 Å². The Labute approximate surface area is 164 Å². The molecular weight excluding hydrogens is 404 g/mol. The minimum atomic E-state index is -2.40. The summed E-state index contributed by atoms with van der Waals surface area (Å²) in [5, 5.41) is 28.6. The van der Waals surface area contributed by atoms with E-state index in [9.17, 15) is 15.0 Å². The molecule has 0 amide bonds. The quantitative estimate of drug-likeness (QED) is 0.255. The number of aliphatic hydroxyl groups is 3. The SMILES string of the molecule is C[Si](C)(C)O[Si](C)(CCCOC1=C(O)C(=O)OC1C(O)CO)O[Si](C)(C)C. The first kappa shape index (κ1) is 24.3. The second-order valence-electron chi connectivity index (χ2n) is 8.80. The lowest BCUT2D eigenvalue weighted by Gasteiger charge is -2.38. The van der Waals surface area contributed by atoms with E-state index in [4.69, 9.17) is 22.8 Å². The number of ether oxygens (including phenoxy) is 2. The van der Waals surface area contributed by atoms with E-state index in [1.165, 1.54) is 0 Å². The van der Waals surface area contributed by atoms with Gasteiger partial charge in [0.05, 0.1) is 13.2 Å². The molecule has 0 aliphatic carbocycles. The van der Waals surface area contributed by atoms with Crippen molar-refractivity contribution in [2.24, 2.45) is 0 Å². The van der Waals surface area contributed by atoms with E-state index in [1.54, 1.807) is 0 Å². The number of rotatable bonds is 11. The maximum absolute atomic E-state index is 11.5. The molecule has 0 saturated carbocycles. The molecule has 0 aromatic carbocycles. The molecule has 2 unspecified atom stereocenters. The Bertz CT molecular complexity index is 537. The highest BCUT2D eigenvalue weighted by Crippen LogP contribution is 2.28. The molecule has 1 aliphatic rings. The predicted molar refractivity (Wildman–Crippen MR) is 108 cm³/mol. The zero-order valence-electron chi connectivity index (χ0n) is 17.4. The smallest absolute Gasteiger partial charge is 0.378 e. The third-order valence-electron chi connectivity index (χ3n) is 3.53. The van der Waals surface area contributed by atoms with E-state index in [-0.39, 0.29) is 12.4 Å². The van der Waals surface area contributed by atoms with Crippen LogP contribution in [0.15, 0.2) is 11.5 Å². The fourth-order valence-corrected chi connectivity index (χ4v) is 15.5. The van der Waals surface area contributed by atoms with Crippen LogP contribution in [0.5, 0.6) is 0 Å². The number of hydrogen-bond acceptors (Lipinski definition) is 8. The van der Waals surface area contributed by atoms with Gasteiger partial charge in [0.1, 0.15) is 6.10 Å². The van der Waals surface area contributed by atoms with Crippen LogP contribution in [-0.4, -0.2) is 71.9 Å². The molecule has 0 aromatic rings. The molecule has 0 saturated heterocycles. The van der Waals surface area contributed by atoms with Crippen LogP contribution in [-0.2, 0) is 22.5 Å². The van der Waals surface area contributed by atoms with Crippen LogP contribution < -0.4 is 0 Å². The van der Waals surface area contributed by atoms with Gasteiger partial charge in [0.2, 0.25) is 5.76 Å². The molecule has 2 atom stereocenters. The van der Waals surface area contributed by atoms with Crippen LogP contribution in [0.25, 0.3) is 0 Å². The Morgan fingerprint density at radius 2 is 1.59 bits per heavy atom. The summed E-state index contributed by atoms with van der Waals surface area (Å²) in [6, 6.07) is 0.706. The Morgan fingerprint density at radius 3 is 2.04 bits per heavy atom. The lowest BCUT2D eigenvalue weighted by atomic mass is 10.2. The third-order valence-corrected chi connectivity index (χ3v) is 13.1. The van der Waals surface area contributed by atoms with Crippen molar-refractivity contribution in [1.82, 2.24) is 0 Å². The van der Waals surface area contributed by atoms with E-state index in [0.29, 0.717) is 12.5 Å². The fourth-order valence-electron chi connectivity index (χ4n) is 2.95. The Morgan fingerprint density at radius 1 is 1.07 bits per heavy atom. The molecule has 1 rings (SSSR count).